The number of nitrogens with zero attached hydrogens (tertiary/aromatic N) is 2. The first kappa shape index (κ1) is 16.4. The van der Waals surface area contributed by atoms with Crippen LogP contribution in [-0.4, -0.2) is 42.1 Å². The van der Waals surface area contributed by atoms with Gasteiger partial charge >= 0.3 is 0 Å². The second kappa shape index (κ2) is 11.2. The molecule has 1 aliphatic rings. The Morgan fingerprint density at radius 2 is 1.84 bits per heavy atom. The summed E-state index contributed by atoms with van der Waals surface area (Å²) in [5.74, 6) is 0. The number of hydrogen-bond acceptors (Lipinski definition) is 3. The molecule has 110 valence electrons. The van der Waals surface area contributed by atoms with Crippen molar-refractivity contribution < 1.29 is 5.11 Å². The largest absolute Gasteiger partial charge is 0.395 e. The van der Waals surface area contributed by atoms with Crippen LogP contribution >= 0.6 is 0 Å². The second-order valence-electron chi connectivity index (χ2n) is 5.37. The van der Waals surface area contributed by atoms with Crippen molar-refractivity contribution in [1.82, 2.24) is 4.90 Å². The standard InChI is InChI=1S/C16H30N2O/c1-2-3-4-5-6-7-8-9-10-11-16-17-12-13-18(16)14-15-19/h2,12,16,19H,1,3-11,13-15H2. The number of aliphatic imine (C=N–C) groups is 1. The lowest BCUT2D eigenvalue weighted by Gasteiger charge is -2.21. The molecule has 1 N–H and O–H groups in total. The Hall–Kier alpha value is -0.670. The maximum absolute atomic E-state index is 8.97. The quantitative estimate of drug-likeness (QED) is 0.434. The topological polar surface area (TPSA) is 35.8 Å². The van der Waals surface area contributed by atoms with Crippen LogP contribution in [0.3, 0.4) is 0 Å². The molecule has 1 heterocycles. The van der Waals surface area contributed by atoms with Gasteiger partial charge in [0.2, 0.25) is 0 Å². The first-order valence-corrected chi connectivity index (χ1v) is 7.86. The summed E-state index contributed by atoms with van der Waals surface area (Å²) in [5, 5.41) is 8.97. The van der Waals surface area contributed by atoms with Crippen LogP contribution < -0.4 is 0 Å². The minimum atomic E-state index is 0.241. The fraction of sp³-hybridized carbons (Fsp3) is 0.812. The summed E-state index contributed by atoms with van der Waals surface area (Å²) in [4.78, 5) is 6.74. The van der Waals surface area contributed by atoms with Crippen LogP contribution in [0.4, 0.5) is 0 Å². The van der Waals surface area contributed by atoms with Gasteiger partial charge < -0.3 is 5.11 Å². The van der Waals surface area contributed by atoms with E-state index in [1.807, 2.05) is 12.3 Å². The average molecular weight is 266 g/mol. The lowest BCUT2D eigenvalue weighted by Crippen LogP contribution is -2.32. The molecular weight excluding hydrogens is 236 g/mol. The Morgan fingerprint density at radius 3 is 2.53 bits per heavy atom. The number of unbranched alkanes of at least 4 members (excludes halogenated alkanes) is 7. The molecule has 0 amide bonds. The van der Waals surface area contributed by atoms with Crippen LogP contribution in [0.25, 0.3) is 0 Å². The highest BCUT2D eigenvalue weighted by Gasteiger charge is 2.19. The van der Waals surface area contributed by atoms with Crippen molar-refractivity contribution in [2.75, 3.05) is 19.7 Å². The van der Waals surface area contributed by atoms with Crippen LogP contribution in [0.1, 0.15) is 57.8 Å². The van der Waals surface area contributed by atoms with E-state index in [9.17, 15) is 0 Å². The fourth-order valence-electron chi connectivity index (χ4n) is 2.61. The van der Waals surface area contributed by atoms with Gasteiger partial charge in [0, 0.05) is 19.3 Å². The van der Waals surface area contributed by atoms with Crippen LogP contribution in [0.5, 0.6) is 0 Å². The maximum atomic E-state index is 8.97. The van der Waals surface area contributed by atoms with Gasteiger partial charge in [-0.05, 0) is 25.7 Å². The van der Waals surface area contributed by atoms with E-state index in [2.05, 4.69) is 16.5 Å². The van der Waals surface area contributed by atoms with Gasteiger partial charge in [-0.2, -0.15) is 0 Å². The fourth-order valence-corrected chi connectivity index (χ4v) is 2.61. The molecule has 0 fully saturated rings. The Morgan fingerprint density at radius 1 is 1.16 bits per heavy atom. The minimum Gasteiger partial charge on any atom is -0.395 e. The minimum absolute atomic E-state index is 0.241. The van der Waals surface area contributed by atoms with Gasteiger partial charge in [-0.15, -0.1) is 6.58 Å². The first-order valence-electron chi connectivity index (χ1n) is 7.86. The molecule has 0 spiro atoms. The molecule has 0 aromatic carbocycles. The molecule has 0 radical (unpaired) electrons. The Balaban J connectivity index is 1.90. The zero-order valence-electron chi connectivity index (χ0n) is 12.3. The molecule has 0 aromatic heterocycles. The highest BCUT2D eigenvalue weighted by molar-refractivity contribution is 5.62. The first-order chi connectivity index (χ1) is 9.38. The van der Waals surface area contributed by atoms with Crippen molar-refractivity contribution in [1.29, 1.82) is 0 Å². The van der Waals surface area contributed by atoms with Crippen molar-refractivity contribution in [3.63, 3.8) is 0 Å². The summed E-state index contributed by atoms with van der Waals surface area (Å²) >= 11 is 0. The second-order valence-corrected chi connectivity index (χ2v) is 5.37. The number of hydrogen-bond donors (Lipinski definition) is 1. The van der Waals surface area contributed by atoms with Gasteiger partial charge in [-0.3, -0.25) is 9.89 Å². The molecule has 0 aliphatic carbocycles. The van der Waals surface area contributed by atoms with E-state index in [-0.39, 0.29) is 6.61 Å². The molecule has 1 unspecified atom stereocenters. The number of aliphatic hydroxyl groups is 1. The van der Waals surface area contributed by atoms with Gasteiger partial charge in [0.15, 0.2) is 0 Å². The molecule has 1 atom stereocenters. The van der Waals surface area contributed by atoms with E-state index in [4.69, 9.17) is 5.11 Å². The summed E-state index contributed by atoms with van der Waals surface area (Å²) in [5.41, 5.74) is 0. The summed E-state index contributed by atoms with van der Waals surface area (Å²) in [6, 6.07) is 0. The number of rotatable bonds is 12. The third-order valence-electron chi connectivity index (χ3n) is 3.77. The van der Waals surface area contributed by atoms with Crippen molar-refractivity contribution in [2.24, 2.45) is 4.99 Å². The lowest BCUT2D eigenvalue weighted by atomic mass is 10.1. The van der Waals surface area contributed by atoms with Gasteiger partial charge in [0.05, 0.1) is 6.61 Å². The Labute approximate surface area is 118 Å². The highest BCUT2D eigenvalue weighted by Crippen LogP contribution is 2.16. The molecule has 0 saturated carbocycles. The zero-order valence-corrected chi connectivity index (χ0v) is 12.3. The smallest absolute Gasteiger partial charge is 0.102 e. The third-order valence-corrected chi connectivity index (χ3v) is 3.77. The average Bonchev–Trinajstić information content (AvgIpc) is 2.85. The normalized spacial score (nSPS) is 19.1. The molecule has 0 saturated heterocycles. The number of β-amino-alcohol motifs (C(OH)–C–C–N with tert-alkyl or cyclic N) is 1. The zero-order chi connectivity index (χ0) is 13.8. The van der Waals surface area contributed by atoms with Crippen molar-refractivity contribution in [3.05, 3.63) is 12.7 Å². The SMILES string of the molecule is C=CCCCCCCCCCC1N=CCN1CCO. The van der Waals surface area contributed by atoms with Crippen LogP contribution in [-0.2, 0) is 0 Å². The number of allylic oxidation sites excluding steroid dienone is 1. The lowest BCUT2D eigenvalue weighted by molar-refractivity contribution is 0.176. The molecule has 1 aliphatic heterocycles. The highest BCUT2D eigenvalue weighted by atomic mass is 16.3. The maximum Gasteiger partial charge on any atom is 0.102 e. The molecule has 1 rings (SSSR count). The summed E-state index contributed by atoms with van der Waals surface area (Å²) in [6.45, 7) is 5.65. The van der Waals surface area contributed by atoms with Crippen molar-refractivity contribution in [2.45, 2.75) is 64.0 Å². The van der Waals surface area contributed by atoms with Crippen LogP contribution in [0.2, 0.25) is 0 Å². The monoisotopic (exact) mass is 266 g/mol. The molecule has 19 heavy (non-hydrogen) atoms. The van der Waals surface area contributed by atoms with E-state index in [0.29, 0.717) is 6.17 Å². The van der Waals surface area contributed by atoms with E-state index >= 15 is 0 Å². The van der Waals surface area contributed by atoms with Crippen LogP contribution in [0.15, 0.2) is 17.6 Å². The molecule has 3 heteroatoms. The summed E-state index contributed by atoms with van der Waals surface area (Å²) in [6.07, 6.45) is 16.0. The van der Waals surface area contributed by atoms with Crippen LogP contribution in [0, 0.1) is 0 Å². The van der Waals surface area contributed by atoms with E-state index in [1.54, 1.807) is 0 Å². The molecule has 0 bridgehead atoms. The molecule has 3 nitrogen and oxygen atoms in total. The molecular formula is C16H30N2O. The van der Waals surface area contributed by atoms with Gasteiger partial charge in [-0.1, -0.05) is 38.2 Å². The summed E-state index contributed by atoms with van der Waals surface area (Å²) < 4.78 is 0. The Kier molecular flexibility index (Phi) is 9.64. The summed E-state index contributed by atoms with van der Waals surface area (Å²) in [7, 11) is 0. The van der Waals surface area contributed by atoms with Gasteiger partial charge in [0.1, 0.15) is 6.17 Å². The Bertz CT molecular complexity index is 253. The molecule has 0 aromatic rings. The van der Waals surface area contributed by atoms with Crippen molar-refractivity contribution >= 4 is 6.21 Å². The van der Waals surface area contributed by atoms with Gasteiger partial charge in [-0.25, -0.2) is 0 Å². The predicted octanol–water partition coefficient (Wildman–Crippen LogP) is 3.39. The third kappa shape index (κ3) is 7.48. The van der Waals surface area contributed by atoms with Gasteiger partial charge in [0.25, 0.3) is 0 Å². The predicted molar refractivity (Wildman–Crippen MR) is 82.7 cm³/mol. The number of aliphatic hydroxyl groups excluding tert-OH is 1. The van der Waals surface area contributed by atoms with Crippen molar-refractivity contribution in [3.8, 4) is 0 Å². The van der Waals surface area contributed by atoms with E-state index < -0.39 is 0 Å². The van der Waals surface area contributed by atoms with E-state index in [0.717, 1.165) is 19.5 Å². The van der Waals surface area contributed by atoms with E-state index in [1.165, 1.54) is 51.4 Å².